The first-order valence-electron chi connectivity index (χ1n) is 12.7. The van der Waals surface area contributed by atoms with Gasteiger partial charge in [-0.1, -0.05) is 106 Å². The van der Waals surface area contributed by atoms with Gasteiger partial charge in [-0.3, -0.25) is 4.98 Å². The summed E-state index contributed by atoms with van der Waals surface area (Å²) >= 11 is 0. The van der Waals surface area contributed by atoms with Crippen molar-refractivity contribution in [2.45, 2.75) is 39.5 Å². The van der Waals surface area contributed by atoms with Crippen molar-refractivity contribution < 1.29 is 0 Å². The number of aryl methyl sites for hydroxylation is 2. The second-order valence-corrected chi connectivity index (χ2v) is 9.00. The molecule has 0 aliphatic rings. The van der Waals surface area contributed by atoms with Crippen LogP contribution in [0.3, 0.4) is 0 Å². The summed E-state index contributed by atoms with van der Waals surface area (Å²) < 4.78 is 0. The van der Waals surface area contributed by atoms with E-state index in [2.05, 4.69) is 74.5 Å². The van der Waals surface area contributed by atoms with E-state index in [1.807, 2.05) is 36.5 Å². The van der Waals surface area contributed by atoms with Gasteiger partial charge in [0.05, 0.1) is 5.69 Å². The Morgan fingerprint density at radius 2 is 0.944 bits per heavy atom. The highest BCUT2D eigenvalue weighted by atomic mass is 15.0. The van der Waals surface area contributed by atoms with Gasteiger partial charge in [-0.15, -0.1) is 0 Å². The molecule has 0 spiro atoms. The van der Waals surface area contributed by atoms with Crippen LogP contribution in [-0.2, 0) is 12.8 Å². The molecule has 0 aliphatic heterocycles. The van der Waals surface area contributed by atoms with Crippen molar-refractivity contribution in [2.24, 2.45) is 0 Å². The average Bonchev–Trinajstić information content (AvgIpc) is 2.95. The van der Waals surface area contributed by atoms with Crippen molar-refractivity contribution >= 4 is 0 Å². The summed E-state index contributed by atoms with van der Waals surface area (Å²) in [6, 6.07) is 31.3. The summed E-state index contributed by atoms with van der Waals surface area (Å²) in [4.78, 5) is 19.3. The van der Waals surface area contributed by atoms with Crippen molar-refractivity contribution in [1.29, 1.82) is 0 Å². The molecule has 0 fully saturated rings. The number of hydrogen-bond acceptors (Lipinski definition) is 4. The monoisotopic (exact) mass is 470 g/mol. The van der Waals surface area contributed by atoms with Crippen molar-refractivity contribution in [3.63, 3.8) is 0 Å². The van der Waals surface area contributed by atoms with Gasteiger partial charge in [-0.25, -0.2) is 15.0 Å². The van der Waals surface area contributed by atoms with Crippen molar-refractivity contribution in [1.82, 2.24) is 19.9 Å². The highest BCUT2D eigenvalue weighted by molar-refractivity contribution is 5.68. The Balaban J connectivity index is 1.56. The Morgan fingerprint density at radius 1 is 0.472 bits per heavy atom. The molecule has 0 N–H and O–H groups in total. The van der Waals surface area contributed by atoms with Gasteiger partial charge in [-0.2, -0.15) is 0 Å². The fraction of sp³-hybridized carbons (Fsp3) is 0.188. The predicted molar refractivity (Wildman–Crippen MR) is 147 cm³/mol. The van der Waals surface area contributed by atoms with Crippen LogP contribution >= 0.6 is 0 Å². The molecule has 178 valence electrons. The number of aromatic nitrogens is 4. The van der Waals surface area contributed by atoms with Gasteiger partial charge >= 0.3 is 0 Å². The maximum Gasteiger partial charge on any atom is 0.165 e. The molecule has 2 heterocycles. The largest absolute Gasteiger partial charge is 0.255 e. The molecular weight excluding hydrogens is 440 g/mol. The fourth-order valence-corrected chi connectivity index (χ4v) is 4.29. The summed E-state index contributed by atoms with van der Waals surface area (Å²) in [5.41, 5.74) is 7.48. The van der Waals surface area contributed by atoms with Crippen LogP contribution < -0.4 is 0 Å². The Morgan fingerprint density at radius 3 is 1.39 bits per heavy atom. The highest BCUT2D eigenvalue weighted by Crippen LogP contribution is 2.26. The number of benzene rings is 3. The first kappa shape index (κ1) is 23.6. The minimum absolute atomic E-state index is 0.623. The van der Waals surface area contributed by atoms with Crippen molar-refractivity contribution in [3.8, 4) is 45.4 Å². The molecule has 4 nitrogen and oxygen atoms in total. The van der Waals surface area contributed by atoms with Crippen LogP contribution in [0, 0.1) is 0 Å². The topological polar surface area (TPSA) is 51.6 Å². The molecule has 5 aromatic rings. The van der Waals surface area contributed by atoms with Gasteiger partial charge in [-0.05, 0) is 36.1 Å². The van der Waals surface area contributed by atoms with Gasteiger partial charge in [0.25, 0.3) is 0 Å². The molecule has 3 aromatic carbocycles. The molecular formula is C32H30N4. The summed E-state index contributed by atoms with van der Waals surface area (Å²) in [6.07, 6.45) is 6.23. The standard InChI is InChI=1S/C32H30N4/c1-3-8-23-12-16-26(17-13-23)30-34-31(27-18-14-24(9-4-2)15-19-27)36-32(35-30)28-20-21-29(33-22-28)25-10-6-5-7-11-25/h5-7,10-22H,3-4,8-9H2,1-2H3. The number of pyridine rings is 1. The molecule has 0 atom stereocenters. The second-order valence-electron chi connectivity index (χ2n) is 9.00. The predicted octanol–water partition coefficient (Wildman–Crippen LogP) is 7.84. The van der Waals surface area contributed by atoms with Crippen LogP contribution in [0.4, 0.5) is 0 Å². The summed E-state index contributed by atoms with van der Waals surface area (Å²) in [7, 11) is 0. The van der Waals surface area contributed by atoms with Crippen LogP contribution in [-0.4, -0.2) is 19.9 Å². The zero-order valence-electron chi connectivity index (χ0n) is 20.9. The zero-order valence-corrected chi connectivity index (χ0v) is 20.9. The van der Waals surface area contributed by atoms with Gasteiger partial charge < -0.3 is 0 Å². The van der Waals surface area contributed by atoms with E-state index in [9.17, 15) is 0 Å². The van der Waals surface area contributed by atoms with E-state index in [-0.39, 0.29) is 0 Å². The molecule has 4 heteroatoms. The maximum absolute atomic E-state index is 4.87. The molecule has 0 amide bonds. The lowest BCUT2D eigenvalue weighted by Gasteiger charge is -2.10. The van der Waals surface area contributed by atoms with E-state index in [4.69, 9.17) is 19.9 Å². The normalized spacial score (nSPS) is 10.9. The first-order valence-corrected chi connectivity index (χ1v) is 12.7. The van der Waals surface area contributed by atoms with Crippen molar-refractivity contribution in [2.75, 3.05) is 0 Å². The van der Waals surface area contributed by atoms with Gasteiger partial charge in [0, 0.05) is 28.5 Å². The molecule has 36 heavy (non-hydrogen) atoms. The number of nitrogens with zero attached hydrogens (tertiary/aromatic N) is 4. The molecule has 0 aliphatic carbocycles. The smallest absolute Gasteiger partial charge is 0.165 e. The van der Waals surface area contributed by atoms with Gasteiger partial charge in [0.15, 0.2) is 17.5 Å². The molecule has 5 rings (SSSR count). The Kier molecular flexibility index (Phi) is 7.23. The summed E-state index contributed by atoms with van der Waals surface area (Å²) in [6.45, 7) is 4.39. The molecule has 2 aromatic heterocycles. The molecule has 0 saturated heterocycles. The van der Waals surface area contributed by atoms with Crippen LogP contribution in [0.25, 0.3) is 45.4 Å². The van der Waals surface area contributed by atoms with Crippen LogP contribution in [0.2, 0.25) is 0 Å². The summed E-state index contributed by atoms with van der Waals surface area (Å²) in [5, 5.41) is 0. The van der Waals surface area contributed by atoms with E-state index < -0.39 is 0 Å². The highest BCUT2D eigenvalue weighted by Gasteiger charge is 2.13. The van der Waals surface area contributed by atoms with E-state index in [1.165, 1.54) is 11.1 Å². The maximum atomic E-state index is 4.87. The lowest BCUT2D eigenvalue weighted by molar-refractivity contribution is 0.921. The summed E-state index contributed by atoms with van der Waals surface area (Å²) in [5.74, 6) is 1.96. The number of hydrogen-bond donors (Lipinski definition) is 0. The lowest BCUT2D eigenvalue weighted by Crippen LogP contribution is -2.01. The van der Waals surface area contributed by atoms with Gasteiger partial charge in [0.2, 0.25) is 0 Å². The molecule has 0 radical (unpaired) electrons. The van der Waals surface area contributed by atoms with E-state index in [0.29, 0.717) is 17.5 Å². The Labute approximate surface area is 213 Å². The van der Waals surface area contributed by atoms with Crippen molar-refractivity contribution in [3.05, 3.63) is 108 Å². The molecule has 0 unspecified atom stereocenters. The minimum Gasteiger partial charge on any atom is -0.255 e. The minimum atomic E-state index is 0.623. The van der Waals surface area contributed by atoms with E-state index in [1.54, 1.807) is 0 Å². The molecule has 0 saturated carbocycles. The average molecular weight is 471 g/mol. The third-order valence-electron chi connectivity index (χ3n) is 6.23. The fourth-order valence-electron chi connectivity index (χ4n) is 4.29. The molecule has 0 bridgehead atoms. The van der Waals surface area contributed by atoms with E-state index in [0.717, 1.165) is 53.6 Å². The number of rotatable bonds is 8. The van der Waals surface area contributed by atoms with Gasteiger partial charge in [0.1, 0.15) is 0 Å². The third-order valence-corrected chi connectivity index (χ3v) is 6.23. The third kappa shape index (κ3) is 5.38. The van der Waals surface area contributed by atoms with Crippen LogP contribution in [0.5, 0.6) is 0 Å². The quantitative estimate of drug-likeness (QED) is 0.232. The Bertz CT molecular complexity index is 1340. The van der Waals surface area contributed by atoms with Crippen LogP contribution in [0.1, 0.15) is 37.8 Å². The second kappa shape index (κ2) is 11.0. The first-order chi connectivity index (χ1) is 17.7. The van der Waals surface area contributed by atoms with Crippen LogP contribution in [0.15, 0.2) is 97.2 Å². The SMILES string of the molecule is CCCc1ccc(-c2nc(-c3ccc(CCC)cc3)nc(-c3ccc(-c4ccccc4)nc3)n2)cc1. The Hall–Kier alpha value is -4.18. The van der Waals surface area contributed by atoms with E-state index >= 15 is 0 Å². The lowest BCUT2D eigenvalue weighted by atomic mass is 10.1. The zero-order chi connectivity index (χ0) is 24.7.